The minimum Gasteiger partial charge on any atom is -0.379 e. The quantitative estimate of drug-likeness (QED) is 0.737. The first-order chi connectivity index (χ1) is 13.5. The number of thioether (sulfide) groups is 1. The Morgan fingerprint density at radius 2 is 2.04 bits per heavy atom. The molecule has 0 radical (unpaired) electrons. The van der Waals surface area contributed by atoms with Crippen LogP contribution >= 0.6 is 11.8 Å². The first-order valence-electron chi connectivity index (χ1n) is 10.1. The second-order valence-electron chi connectivity index (χ2n) is 7.82. The number of rotatable bonds is 6. The predicted octanol–water partition coefficient (Wildman–Crippen LogP) is 2.81. The lowest BCUT2D eigenvalue weighted by molar-refractivity contribution is -0.119. The Morgan fingerprint density at radius 1 is 1.32 bits per heavy atom. The molecule has 0 spiro atoms. The number of amides is 1. The minimum absolute atomic E-state index is 0.00746. The summed E-state index contributed by atoms with van der Waals surface area (Å²) in [5.41, 5.74) is 2.41. The third kappa shape index (κ3) is 5.05. The molecule has 0 unspecified atom stereocenters. The highest BCUT2D eigenvalue weighted by Gasteiger charge is 2.38. The van der Waals surface area contributed by atoms with Crippen molar-refractivity contribution in [1.29, 1.82) is 5.26 Å². The third-order valence-corrected chi connectivity index (χ3v) is 6.82. The molecule has 7 heteroatoms. The van der Waals surface area contributed by atoms with Gasteiger partial charge in [-0.25, -0.2) is 4.98 Å². The van der Waals surface area contributed by atoms with Crippen LogP contribution in [0.25, 0.3) is 0 Å². The van der Waals surface area contributed by atoms with Crippen LogP contribution in [0.1, 0.15) is 48.9 Å². The fourth-order valence-electron chi connectivity index (χ4n) is 4.34. The molecule has 1 aliphatic heterocycles. The molecule has 1 amide bonds. The Hall–Kier alpha value is -1.62. The Morgan fingerprint density at radius 3 is 2.71 bits per heavy atom. The average Bonchev–Trinajstić information content (AvgIpc) is 2.72. The van der Waals surface area contributed by atoms with Crippen LogP contribution in [0.2, 0.25) is 0 Å². The normalized spacial score (nSPS) is 19.8. The predicted molar refractivity (Wildman–Crippen MR) is 110 cm³/mol. The number of aryl methyl sites for hydroxylation is 2. The van der Waals surface area contributed by atoms with Crippen molar-refractivity contribution in [2.75, 3.05) is 38.6 Å². The van der Waals surface area contributed by atoms with Gasteiger partial charge in [0, 0.05) is 30.9 Å². The van der Waals surface area contributed by atoms with Crippen molar-refractivity contribution in [3.63, 3.8) is 0 Å². The summed E-state index contributed by atoms with van der Waals surface area (Å²) in [6, 6.07) is 4.11. The van der Waals surface area contributed by atoms with E-state index in [1.807, 2.05) is 19.9 Å². The van der Waals surface area contributed by atoms with Gasteiger partial charge in [-0.3, -0.25) is 9.69 Å². The maximum absolute atomic E-state index is 12.6. The van der Waals surface area contributed by atoms with E-state index in [2.05, 4.69) is 21.3 Å². The topological polar surface area (TPSA) is 78.2 Å². The molecule has 0 aromatic carbocycles. The number of nitrogens with zero attached hydrogens (tertiary/aromatic N) is 3. The fraction of sp³-hybridized carbons (Fsp3) is 0.667. The molecule has 1 aromatic heterocycles. The van der Waals surface area contributed by atoms with Crippen LogP contribution in [-0.2, 0) is 9.53 Å². The number of pyridine rings is 1. The molecular formula is C21H30N4O2S. The van der Waals surface area contributed by atoms with E-state index in [0.29, 0.717) is 17.1 Å². The highest BCUT2D eigenvalue weighted by molar-refractivity contribution is 8.00. The summed E-state index contributed by atoms with van der Waals surface area (Å²) in [6.45, 7) is 7.96. The number of aromatic nitrogens is 1. The maximum atomic E-state index is 12.6. The number of ether oxygens (including phenoxy) is 1. The summed E-state index contributed by atoms with van der Waals surface area (Å²) in [4.78, 5) is 19.5. The van der Waals surface area contributed by atoms with Crippen molar-refractivity contribution >= 4 is 17.7 Å². The van der Waals surface area contributed by atoms with E-state index in [1.54, 1.807) is 0 Å². The molecule has 1 aliphatic carbocycles. The SMILES string of the molecule is Cc1cc(C)c(C#N)c(SCC(=O)NCC2(N3CCOCC3)CCCCC2)n1. The van der Waals surface area contributed by atoms with Crippen LogP contribution in [0, 0.1) is 25.2 Å². The highest BCUT2D eigenvalue weighted by atomic mass is 32.2. The van der Waals surface area contributed by atoms with Crippen LogP contribution in [0.5, 0.6) is 0 Å². The van der Waals surface area contributed by atoms with E-state index in [1.165, 1.54) is 31.0 Å². The molecule has 1 aromatic rings. The molecule has 3 rings (SSSR count). The van der Waals surface area contributed by atoms with Gasteiger partial charge in [0.2, 0.25) is 5.91 Å². The molecule has 152 valence electrons. The van der Waals surface area contributed by atoms with Gasteiger partial charge in [0.25, 0.3) is 0 Å². The largest absolute Gasteiger partial charge is 0.379 e. The number of hydrogen-bond acceptors (Lipinski definition) is 6. The number of morpholine rings is 1. The Kier molecular flexibility index (Phi) is 7.33. The Bertz CT molecular complexity index is 735. The zero-order chi connectivity index (χ0) is 20.0. The van der Waals surface area contributed by atoms with Gasteiger partial charge in [0.1, 0.15) is 11.1 Å². The Balaban J connectivity index is 1.59. The molecule has 0 atom stereocenters. The van der Waals surface area contributed by atoms with Crippen LogP contribution in [0.3, 0.4) is 0 Å². The first-order valence-corrected chi connectivity index (χ1v) is 11.1. The van der Waals surface area contributed by atoms with Crippen molar-refractivity contribution in [2.45, 2.75) is 56.5 Å². The van der Waals surface area contributed by atoms with Crippen molar-refractivity contribution in [1.82, 2.24) is 15.2 Å². The van der Waals surface area contributed by atoms with E-state index in [0.717, 1.165) is 50.4 Å². The Labute approximate surface area is 172 Å². The summed E-state index contributed by atoms with van der Waals surface area (Å²) in [5.74, 6) is 0.289. The van der Waals surface area contributed by atoms with Crippen LogP contribution in [0.15, 0.2) is 11.1 Å². The van der Waals surface area contributed by atoms with Crippen LogP contribution < -0.4 is 5.32 Å². The third-order valence-electron chi connectivity index (χ3n) is 5.84. The van der Waals surface area contributed by atoms with Crippen molar-refractivity contribution < 1.29 is 9.53 Å². The van der Waals surface area contributed by atoms with Gasteiger partial charge in [-0.1, -0.05) is 31.0 Å². The lowest BCUT2D eigenvalue weighted by atomic mass is 9.79. The summed E-state index contributed by atoms with van der Waals surface area (Å²) < 4.78 is 5.52. The van der Waals surface area contributed by atoms with Gasteiger partial charge < -0.3 is 10.1 Å². The van der Waals surface area contributed by atoms with Gasteiger partial charge in [-0.05, 0) is 38.3 Å². The number of hydrogen-bond donors (Lipinski definition) is 1. The van der Waals surface area contributed by atoms with Crippen molar-refractivity contribution in [3.8, 4) is 6.07 Å². The summed E-state index contributed by atoms with van der Waals surface area (Å²) >= 11 is 1.35. The average molecular weight is 403 g/mol. The van der Waals surface area contributed by atoms with Gasteiger partial charge in [0.05, 0.1) is 24.5 Å². The molecule has 0 bridgehead atoms. The summed E-state index contributed by atoms with van der Waals surface area (Å²) in [7, 11) is 0. The monoisotopic (exact) mass is 402 g/mol. The summed E-state index contributed by atoms with van der Waals surface area (Å²) in [5, 5.41) is 13.2. The maximum Gasteiger partial charge on any atom is 0.230 e. The van der Waals surface area contributed by atoms with Crippen molar-refractivity contribution in [3.05, 3.63) is 22.9 Å². The molecule has 1 saturated carbocycles. The molecule has 2 heterocycles. The number of carbonyl (C=O) groups excluding carboxylic acids is 1. The van der Waals surface area contributed by atoms with E-state index < -0.39 is 0 Å². The molecular weight excluding hydrogens is 372 g/mol. The molecule has 28 heavy (non-hydrogen) atoms. The number of nitriles is 1. The molecule has 2 aliphatic rings. The van der Waals surface area contributed by atoms with E-state index in [-0.39, 0.29) is 17.2 Å². The zero-order valence-electron chi connectivity index (χ0n) is 16.9. The van der Waals surface area contributed by atoms with Crippen LogP contribution in [0.4, 0.5) is 0 Å². The second-order valence-corrected chi connectivity index (χ2v) is 8.79. The molecule has 1 saturated heterocycles. The van der Waals surface area contributed by atoms with E-state index in [9.17, 15) is 10.1 Å². The van der Waals surface area contributed by atoms with Crippen LogP contribution in [-0.4, -0.2) is 59.9 Å². The molecule has 2 fully saturated rings. The minimum atomic E-state index is 0.00746. The lowest BCUT2D eigenvalue weighted by Gasteiger charge is -2.48. The highest BCUT2D eigenvalue weighted by Crippen LogP contribution is 2.34. The second kappa shape index (κ2) is 9.73. The van der Waals surface area contributed by atoms with Crippen molar-refractivity contribution in [2.24, 2.45) is 0 Å². The summed E-state index contributed by atoms with van der Waals surface area (Å²) in [6.07, 6.45) is 6.00. The van der Waals surface area contributed by atoms with Gasteiger partial charge in [0.15, 0.2) is 0 Å². The molecule has 1 N–H and O–H groups in total. The first kappa shape index (κ1) is 21.1. The smallest absolute Gasteiger partial charge is 0.230 e. The van der Waals surface area contributed by atoms with Gasteiger partial charge in [-0.15, -0.1) is 0 Å². The van der Waals surface area contributed by atoms with Gasteiger partial charge >= 0.3 is 0 Å². The lowest BCUT2D eigenvalue weighted by Crippen LogP contribution is -2.59. The fourth-order valence-corrected chi connectivity index (χ4v) is 5.27. The molecule has 6 nitrogen and oxygen atoms in total. The van der Waals surface area contributed by atoms with E-state index >= 15 is 0 Å². The number of carbonyl (C=O) groups is 1. The standard InChI is InChI=1S/C21H30N4O2S/c1-16-12-17(2)24-20(18(16)13-22)28-14-19(26)23-15-21(6-4-3-5-7-21)25-8-10-27-11-9-25/h12H,3-11,14-15H2,1-2H3,(H,23,26). The van der Waals surface area contributed by atoms with E-state index in [4.69, 9.17) is 4.74 Å². The number of nitrogens with one attached hydrogen (secondary N) is 1. The van der Waals surface area contributed by atoms with Gasteiger partial charge in [-0.2, -0.15) is 5.26 Å². The zero-order valence-corrected chi connectivity index (χ0v) is 17.7.